The van der Waals surface area contributed by atoms with E-state index < -0.39 is 0 Å². The van der Waals surface area contributed by atoms with E-state index in [-0.39, 0.29) is 17.3 Å². The van der Waals surface area contributed by atoms with Gasteiger partial charge < -0.3 is 4.74 Å². The normalized spacial score (nSPS) is 46.8. The van der Waals surface area contributed by atoms with Gasteiger partial charge in [0, 0.05) is 12.3 Å². The molecule has 31 heavy (non-hydrogen) atoms. The number of Topliss-reactive ketones (excluding diaryl/α,β-unsaturated/α-hetero) is 1. The van der Waals surface area contributed by atoms with Crippen molar-refractivity contribution < 1.29 is 14.3 Å². The molecule has 0 heterocycles. The van der Waals surface area contributed by atoms with E-state index in [9.17, 15) is 9.59 Å². The quantitative estimate of drug-likeness (QED) is 0.374. The second kappa shape index (κ2) is 8.34. The highest BCUT2D eigenvalue weighted by Crippen LogP contribution is 2.68. The molecule has 0 aromatic rings. The first-order chi connectivity index (χ1) is 14.7. The van der Waals surface area contributed by atoms with E-state index in [1.165, 1.54) is 57.6 Å². The third-order valence-electron chi connectivity index (χ3n) is 10.8. The fraction of sp³-hybridized carbons (Fsp3) is 0.857. The van der Waals surface area contributed by atoms with Gasteiger partial charge in [-0.2, -0.15) is 0 Å². The average Bonchev–Trinajstić information content (AvgIpc) is 3.10. The first-order valence-corrected chi connectivity index (χ1v) is 12.9. The zero-order valence-electron chi connectivity index (χ0n) is 20.7. The van der Waals surface area contributed by atoms with Crippen molar-refractivity contribution in [2.45, 2.75) is 92.4 Å². The second-order valence-corrected chi connectivity index (χ2v) is 12.1. The van der Waals surface area contributed by atoms with Gasteiger partial charge in [-0.25, -0.2) is 0 Å². The van der Waals surface area contributed by atoms with Crippen LogP contribution in [0.3, 0.4) is 0 Å². The molecular weight excluding hydrogens is 384 g/mol. The van der Waals surface area contributed by atoms with Gasteiger partial charge in [0.25, 0.3) is 0 Å². The summed E-state index contributed by atoms with van der Waals surface area (Å²) in [7, 11) is 1.48. The highest BCUT2D eigenvalue weighted by atomic mass is 16.5. The highest BCUT2D eigenvalue weighted by Gasteiger charge is 2.64. The Morgan fingerprint density at radius 3 is 2.48 bits per heavy atom. The Balaban J connectivity index is 1.61. The van der Waals surface area contributed by atoms with E-state index in [0.717, 1.165) is 12.3 Å². The predicted octanol–water partition coefficient (Wildman–Crippen LogP) is 6.61. The molecule has 0 bridgehead atoms. The number of carbonyl (C=O) groups is 2. The molecule has 4 fully saturated rings. The van der Waals surface area contributed by atoms with Gasteiger partial charge >= 0.3 is 5.97 Å². The largest absolute Gasteiger partial charge is 0.469 e. The number of hydrogen-bond acceptors (Lipinski definition) is 3. The summed E-state index contributed by atoms with van der Waals surface area (Å²) in [5.74, 6) is 4.01. The molecule has 4 rings (SSSR count). The summed E-state index contributed by atoms with van der Waals surface area (Å²) in [5, 5.41) is 0. The number of methoxy groups -OCH3 is 1. The Morgan fingerprint density at radius 1 is 1.13 bits per heavy atom. The molecule has 0 N–H and O–H groups in total. The van der Waals surface area contributed by atoms with Crippen molar-refractivity contribution in [3.8, 4) is 0 Å². The molecule has 3 nitrogen and oxygen atoms in total. The van der Waals surface area contributed by atoms with Crippen molar-refractivity contribution in [1.82, 2.24) is 0 Å². The lowest BCUT2D eigenvalue weighted by molar-refractivity contribution is -0.148. The lowest BCUT2D eigenvalue weighted by Gasteiger charge is -2.61. The summed E-state index contributed by atoms with van der Waals surface area (Å²) >= 11 is 0. The van der Waals surface area contributed by atoms with Gasteiger partial charge in [0.05, 0.1) is 7.11 Å². The molecule has 0 spiro atoms. The first-order valence-electron chi connectivity index (χ1n) is 12.9. The molecule has 0 radical (unpaired) electrons. The molecule has 0 saturated heterocycles. The lowest BCUT2D eigenvalue weighted by atomic mass is 9.42. The molecule has 9 atom stereocenters. The Bertz CT molecular complexity index is 753. The Morgan fingerprint density at radius 2 is 1.81 bits per heavy atom. The maximum Gasteiger partial charge on any atom is 0.305 e. The maximum atomic E-state index is 14.0. The van der Waals surface area contributed by atoms with Crippen molar-refractivity contribution >= 4 is 11.8 Å². The predicted molar refractivity (Wildman–Crippen MR) is 124 cm³/mol. The van der Waals surface area contributed by atoms with Crippen LogP contribution in [0, 0.1) is 52.3 Å². The molecule has 3 unspecified atom stereocenters. The molecule has 4 aliphatic rings. The minimum Gasteiger partial charge on any atom is -0.469 e. The summed E-state index contributed by atoms with van der Waals surface area (Å²) in [6.45, 7) is 11.8. The van der Waals surface area contributed by atoms with Crippen molar-refractivity contribution in [1.29, 1.82) is 0 Å². The summed E-state index contributed by atoms with van der Waals surface area (Å²) in [4.78, 5) is 25.7. The number of rotatable bonds is 4. The number of hydrogen-bond donors (Lipinski definition) is 0. The van der Waals surface area contributed by atoms with Crippen LogP contribution in [0.2, 0.25) is 0 Å². The molecule has 0 aromatic heterocycles. The summed E-state index contributed by atoms with van der Waals surface area (Å²) in [6.07, 6.45) is 12.2. The summed E-state index contributed by atoms with van der Waals surface area (Å²) < 4.78 is 4.88. The van der Waals surface area contributed by atoms with E-state index in [1.54, 1.807) is 0 Å². The average molecular weight is 429 g/mol. The zero-order chi connectivity index (χ0) is 22.6. The van der Waals surface area contributed by atoms with E-state index in [4.69, 9.17) is 4.74 Å². The lowest BCUT2D eigenvalue weighted by Crippen LogP contribution is -2.57. The van der Waals surface area contributed by atoms with Crippen LogP contribution < -0.4 is 0 Å². The highest BCUT2D eigenvalue weighted by molar-refractivity contribution is 5.99. The van der Waals surface area contributed by atoms with Crippen LogP contribution in [0.15, 0.2) is 11.6 Å². The van der Waals surface area contributed by atoms with Crippen molar-refractivity contribution in [2.75, 3.05) is 7.11 Å². The molecule has 0 aliphatic heterocycles. The molecule has 0 amide bonds. The van der Waals surface area contributed by atoms with Gasteiger partial charge in [0.2, 0.25) is 0 Å². The summed E-state index contributed by atoms with van der Waals surface area (Å²) in [6, 6.07) is 0. The molecular formula is C28H44O3. The third kappa shape index (κ3) is 3.53. The molecule has 0 aromatic carbocycles. The topological polar surface area (TPSA) is 43.4 Å². The molecule has 174 valence electrons. The van der Waals surface area contributed by atoms with Gasteiger partial charge in [-0.1, -0.05) is 40.2 Å². The number of carbonyl (C=O) groups excluding carboxylic acids is 2. The third-order valence-corrected chi connectivity index (χ3v) is 10.8. The number of esters is 1. The molecule has 3 heteroatoms. The summed E-state index contributed by atoms with van der Waals surface area (Å²) in [5.41, 5.74) is 1.70. The van der Waals surface area contributed by atoms with Gasteiger partial charge in [-0.15, -0.1) is 0 Å². The van der Waals surface area contributed by atoms with Crippen LogP contribution in [-0.2, 0) is 14.3 Å². The fourth-order valence-corrected chi connectivity index (χ4v) is 9.02. The van der Waals surface area contributed by atoms with Crippen LogP contribution in [0.5, 0.6) is 0 Å². The maximum absolute atomic E-state index is 14.0. The fourth-order valence-electron chi connectivity index (χ4n) is 9.02. The minimum atomic E-state index is -0.0964. The van der Waals surface area contributed by atoms with Gasteiger partial charge in [-0.3, -0.25) is 9.59 Å². The minimum absolute atomic E-state index is 0.0964. The van der Waals surface area contributed by atoms with Crippen LogP contribution in [0.25, 0.3) is 0 Å². The Labute approximate surface area is 189 Å². The molecule has 4 aliphatic carbocycles. The first kappa shape index (κ1) is 23.1. The van der Waals surface area contributed by atoms with Crippen LogP contribution in [-0.4, -0.2) is 18.9 Å². The van der Waals surface area contributed by atoms with Gasteiger partial charge in [0.15, 0.2) is 5.78 Å². The zero-order valence-corrected chi connectivity index (χ0v) is 20.7. The Kier molecular flexibility index (Phi) is 6.20. The van der Waals surface area contributed by atoms with Crippen LogP contribution in [0.4, 0.5) is 0 Å². The molecule has 4 saturated carbocycles. The van der Waals surface area contributed by atoms with Crippen molar-refractivity contribution in [3.63, 3.8) is 0 Å². The Hall–Kier alpha value is -1.12. The number of fused-ring (bicyclic) bond motifs is 5. The van der Waals surface area contributed by atoms with Gasteiger partial charge in [0.1, 0.15) is 0 Å². The van der Waals surface area contributed by atoms with E-state index >= 15 is 0 Å². The van der Waals surface area contributed by atoms with Crippen molar-refractivity contribution in [3.05, 3.63) is 11.6 Å². The van der Waals surface area contributed by atoms with E-state index in [0.29, 0.717) is 47.2 Å². The van der Waals surface area contributed by atoms with Crippen molar-refractivity contribution in [2.24, 2.45) is 52.3 Å². The smallest absolute Gasteiger partial charge is 0.305 e. The number of allylic oxidation sites excluding steroid dienone is 2. The number of ketones is 1. The van der Waals surface area contributed by atoms with E-state index in [1.807, 2.05) is 0 Å². The standard InChI is InChI=1S/C28H44O3/c1-7-19-23-16-17(2)12-14-28(23,5)22-13-15-27(4)20(18(3)8-11-24(29)31-6)9-10-21(27)25(22)26(19)30/h7,17-18,20-23,25H,8-16H2,1-6H3/b19-7+/t17-,18-,20-,21?,22?,23+,25?,27-,28-/m1/s1. The monoisotopic (exact) mass is 428 g/mol. The van der Waals surface area contributed by atoms with E-state index in [2.05, 4.69) is 40.7 Å². The second-order valence-electron chi connectivity index (χ2n) is 12.1. The SMILES string of the molecule is C/C=C1/C(=O)C2C3CC[C@H]([C@H](C)CCC(=O)OC)[C@@]3(C)CCC2[C@@]2(C)CC[C@@H](C)C[C@@H]12. The van der Waals surface area contributed by atoms with Gasteiger partial charge in [-0.05, 0) is 104 Å². The number of ether oxygens (including phenoxy) is 1. The van der Waals surface area contributed by atoms with Crippen LogP contribution in [0.1, 0.15) is 92.4 Å². The van der Waals surface area contributed by atoms with Crippen LogP contribution >= 0.6 is 0 Å².